The fourth-order valence-electron chi connectivity index (χ4n) is 1.13. The summed E-state index contributed by atoms with van der Waals surface area (Å²) in [5.41, 5.74) is 0. The van der Waals surface area contributed by atoms with Gasteiger partial charge in [-0.15, -0.1) is 5.10 Å². The van der Waals surface area contributed by atoms with Gasteiger partial charge in [0.2, 0.25) is 11.1 Å². The highest BCUT2D eigenvalue weighted by atomic mass is 32.2. The van der Waals surface area contributed by atoms with Gasteiger partial charge in [0.25, 0.3) is 0 Å². The maximum Gasteiger partial charge on any atom is 0.321 e. The number of nitrogens with one attached hydrogen (secondary N) is 3. The molecule has 1 aromatic rings. The van der Waals surface area contributed by atoms with Crippen LogP contribution in [0.1, 0.15) is 26.6 Å². The number of hydrogen-bond acceptors (Lipinski definition) is 5. The number of carbonyl (C=O) groups excluding carboxylic acids is 2. The van der Waals surface area contributed by atoms with Crippen molar-refractivity contribution in [2.24, 2.45) is 5.92 Å². The van der Waals surface area contributed by atoms with Gasteiger partial charge in [0, 0.05) is 13.0 Å². The fourth-order valence-corrected chi connectivity index (χ4v) is 1.75. The Hall–Kier alpha value is -1.57. The third kappa shape index (κ3) is 6.23. The van der Waals surface area contributed by atoms with E-state index in [1.165, 1.54) is 11.8 Å². The average molecular weight is 285 g/mol. The summed E-state index contributed by atoms with van der Waals surface area (Å²) in [5.74, 6) is 0.860. The Morgan fingerprint density at radius 2 is 2.16 bits per heavy atom. The van der Waals surface area contributed by atoms with E-state index < -0.39 is 6.03 Å². The highest BCUT2D eigenvalue weighted by Gasteiger charge is 2.10. The molecule has 0 saturated carbocycles. The number of nitrogens with zero attached hydrogens (tertiary/aromatic N) is 2. The van der Waals surface area contributed by atoms with Gasteiger partial charge in [0.15, 0.2) is 0 Å². The Bertz CT molecular complexity index is 432. The van der Waals surface area contributed by atoms with E-state index in [1.54, 1.807) is 0 Å². The van der Waals surface area contributed by atoms with Crippen LogP contribution < -0.4 is 10.6 Å². The van der Waals surface area contributed by atoms with Crippen molar-refractivity contribution >= 4 is 23.7 Å². The van der Waals surface area contributed by atoms with E-state index in [2.05, 4.69) is 25.8 Å². The van der Waals surface area contributed by atoms with Gasteiger partial charge in [-0.25, -0.2) is 9.78 Å². The number of aromatic nitrogens is 3. The van der Waals surface area contributed by atoms with Crippen LogP contribution in [0.25, 0.3) is 0 Å². The van der Waals surface area contributed by atoms with Crippen LogP contribution in [0.4, 0.5) is 4.79 Å². The maximum atomic E-state index is 11.5. The molecule has 3 amide bonds. The first-order valence-electron chi connectivity index (χ1n) is 6.13. The van der Waals surface area contributed by atoms with Gasteiger partial charge >= 0.3 is 6.03 Å². The maximum absolute atomic E-state index is 11.5. The quantitative estimate of drug-likeness (QED) is 0.675. The zero-order valence-corrected chi connectivity index (χ0v) is 12.1. The van der Waals surface area contributed by atoms with Crippen LogP contribution >= 0.6 is 11.8 Å². The molecule has 1 heterocycles. The minimum Gasteiger partial charge on any atom is -0.338 e. The van der Waals surface area contributed by atoms with Crippen molar-refractivity contribution in [3.63, 3.8) is 0 Å². The molecule has 3 N–H and O–H groups in total. The van der Waals surface area contributed by atoms with Crippen LogP contribution in [0.5, 0.6) is 0 Å². The monoisotopic (exact) mass is 285 g/mol. The number of imide groups is 1. The smallest absolute Gasteiger partial charge is 0.321 e. The van der Waals surface area contributed by atoms with Crippen LogP contribution in [0.2, 0.25) is 0 Å². The third-order valence-corrected chi connectivity index (χ3v) is 2.95. The van der Waals surface area contributed by atoms with Gasteiger partial charge in [-0.2, -0.15) is 0 Å². The number of thioether (sulfide) groups is 1. The van der Waals surface area contributed by atoms with Gasteiger partial charge in [-0.05, 0) is 5.92 Å². The molecule has 0 aliphatic carbocycles. The number of hydrogen-bond donors (Lipinski definition) is 3. The zero-order chi connectivity index (χ0) is 14.3. The van der Waals surface area contributed by atoms with Crippen molar-refractivity contribution in [3.8, 4) is 0 Å². The van der Waals surface area contributed by atoms with E-state index in [0.29, 0.717) is 17.6 Å². The summed E-state index contributed by atoms with van der Waals surface area (Å²) in [5, 5.41) is 12.1. The number of H-pyrrole nitrogens is 1. The molecule has 1 aromatic heterocycles. The van der Waals surface area contributed by atoms with Crippen LogP contribution in [-0.4, -0.2) is 39.4 Å². The molecule has 8 heteroatoms. The van der Waals surface area contributed by atoms with Gasteiger partial charge < -0.3 is 5.32 Å². The summed E-state index contributed by atoms with van der Waals surface area (Å²) in [7, 11) is 0. The lowest BCUT2D eigenvalue weighted by Crippen LogP contribution is -2.41. The van der Waals surface area contributed by atoms with Crippen molar-refractivity contribution in [1.29, 1.82) is 0 Å². The first kappa shape index (κ1) is 15.5. The lowest BCUT2D eigenvalue weighted by molar-refractivity contribution is -0.117. The number of urea groups is 1. The van der Waals surface area contributed by atoms with E-state index >= 15 is 0 Å². The molecule has 0 spiro atoms. The topological polar surface area (TPSA) is 99.8 Å². The summed E-state index contributed by atoms with van der Waals surface area (Å²) >= 11 is 1.19. The fraction of sp³-hybridized carbons (Fsp3) is 0.636. The predicted octanol–water partition coefficient (Wildman–Crippen LogP) is 0.941. The largest absolute Gasteiger partial charge is 0.338 e. The number of aryl methyl sites for hydroxylation is 1. The van der Waals surface area contributed by atoms with E-state index in [0.717, 1.165) is 12.2 Å². The second-order valence-corrected chi connectivity index (χ2v) is 5.30. The van der Waals surface area contributed by atoms with E-state index in [9.17, 15) is 9.59 Å². The molecular weight excluding hydrogens is 266 g/mol. The molecule has 0 atom stereocenters. The molecule has 19 heavy (non-hydrogen) atoms. The Morgan fingerprint density at radius 1 is 1.42 bits per heavy atom. The van der Waals surface area contributed by atoms with E-state index in [4.69, 9.17) is 0 Å². The zero-order valence-electron chi connectivity index (χ0n) is 11.3. The van der Waals surface area contributed by atoms with Crippen molar-refractivity contribution < 1.29 is 9.59 Å². The molecular formula is C11H19N5O2S. The van der Waals surface area contributed by atoms with Crippen molar-refractivity contribution in [2.45, 2.75) is 32.3 Å². The Kier molecular flexibility index (Phi) is 6.34. The Balaban J connectivity index is 2.25. The summed E-state index contributed by atoms with van der Waals surface area (Å²) in [6.07, 6.45) is 0.761. The number of rotatable bonds is 6. The number of carbonyl (C=O) groups is 2. The number of aromatic amines is 1. The van der Waals surface area contributed by atoms with E-state index in [-0.39, 0.29) is 11.7 Å². The normalized spacial score (nSPS) is 10.5. The molecule has 0 aliphatic rings. The Morgan fingerprint density at radius 3 is 2.74 bits per heavy atom. The molecule has 0 fully saturated rings. The van der Waals surface area contributed by atoms with Gasteiger partial charge in [0.1, 0.15) is 5.82 Å². The Labute approximate surface area is 116 Å². The summed E-state index contributed by atoms with van der Waals surface area (Å²) in [6.45, 7) is 6.45. The van der Waals surface area contributed by atoms with Crippen LogP contribution in [0.3, 0.4) is 0 Å². The average Bonchev–Trinajstić information content (AvgIpc) is 2.82. The molecule has 0 unspecified atom stereocenters. The minimum absolute atomic E-state index is 0.107. The van der Waals surface area contributed by atoms with Crippen molar-refractivity contribution in [1.82, 2.24) is 25.8 Å². The van der Waals surface area contributed by atoms with Gasteiger partial charge in [-0.1, -0.05) is 32.5 Å². The minimum atomic E-state index is -0.469. The summed E-state index contributed by atoms with van der Waals surface area (Å²) < 4.78 is 0. The van der Waals surface area contributed by atoms with E-state index in [1.807, 2.05) is 20.8 Å². The molecule has 0 aromatic carbocycles. The highest BCUT2D eigenvalue weighted by molar-refractivity contribution is 7.99. The van der Waals surface area contributed by atoms with Crippen LogP contribution in [0, 0.1) is 5.92 Å². The second kappa shape index (κ2) is 7.78. The second-order valence-electron chi connectivity index (χ2n) is 4.36. The van der Waals surface area contributed by atoms with Gasteiger partial charge in [0.05, 0.1) is 5.75 Å². The first-order valence-corrected chi connectivity index (χ1v) is 7.11. The van der Waals surface area contributed by atoms with Crippen molar-refractivity contribution in [2.75, 3.05) is 12.3 Å². The molecule has 106 valence electrons. The molecule has 7 nitrogen and oxygen atoms in total. The standard InChI is InChI=1S/C11H19N5O2S/c1-4-8-13-11(16-15-8)19-6-9(17)14-10(18)12-5-7(2)3/h7H,4-6H2,1-3H3,(H,13,15,16)(H2,12,14,17,18). The molecule has 0 bridgehead atoms. The predicted molar refractivity (Wildman–Crippen MR) is 72.9 cm³/mol. The lowest BCUT2D eigenvalue weighted by Gasteiger charge is -2.07. The third-order valence-electron chi connectivity index (χ3n) is 2.10. The highest BCUT2D eigenvalue weighted by Crippen LogP contribution is 2.11. The van der Waals surface area contributed by atoms with Crippen LogP contribution in [-0.2, 0) is 11.2 Å². The van der Waals surface area contributed by atoms with Gasteiger partial charge in [-0.3, -0.25) is 15.2 Å². The van der Waals surface area contributed by atoms with Crippen LogP contribution in [0.15, 0.2) is 5.16 Å². The molecule has 0 aliphatic heterocycles. The SMILES string of the molecule is CCc1nc(SCC(=O)NC(=O)NCC(C)C)n[nH]1. The first-order chi connectivity index (χ1) is 9.01. The lowest BCUT2D eigenvalue weighted by atomic mass is 10.2. The molecule has 0 saturated heterocycles. The van der Waals surface area contributed by atoms with Crippen molar-refractivity contribution in [3.05, 3.63) is 5.82 Å². The number of amides is 3. The summed E-state index contributed by atoms with van der Waals surface area (Å²) in [4.78, 5) is 27.0. The molecule has 1 rings (SSSR count). The summed E-state index contributed by atoms with van der Waals surface area (Å²) in [6, 6.07) is -0.469. The molecule has 0 radical (unpaired) electrons.